The summed E-state index contributed by atoms with van der Waals surface area (Å²) in [4.78, 5) is 14.7. The molecule has 5 heteroatoms. The smallest absolute Gasteiger partial charge is 0.357 e. The van der Waals surface area contributed by atoms with Crippen LogP contribution in [0.15, 0.2) is 22.8 Å². The van der Waals surface area contributed by atoms with E-state index in [-0.39, 0.29) is 11.6 Å². The van der Waals surface area contributed by atoms with Crippen molar-refractivity contribution in [2.24, 2.45) is 0 Å². The highest BCUT2D eigenvalue weighted by molar-refractivity contribution is 5.85. The Balaban J connectivity index is 2.55. The Morgan fingerprint density at radius 2 is 2.00 bits per heavy atom. The van der Waals surface area contributed by atoms with Gasteiger partial charge in [-0.25, -0.2) is 9.78 Å². The van der Waals surface area contributed by atoms with E-state index >= 15 is 0 Å². The standard InChI is InChI=1S/C13H13NO4/c1-7-4-9(11(17-3)5-8(7)2)12-14-10(6-18-12)13(15)16/h4-6H,1-3H3,(H,15,16). The quantitative estimate of drug-likeness (QED) is 0.902. The van der Waals surface area contributed by atoms with Gasteiger partial charge in [0.25, 0.3) is 0 Å². The van der Waals surface area contributed by atoms with Crippen molar-refractivity contribution < 1.29 is 19.1 Å². The van der Waals surface area contributed by atoms with Gasteiger partial charge < -0.3 is 14.3 Å². The second-order valence-electron chi connectivity index (χ2n) is 3.98. The molecule has 0 amide bonds. The number of nitrogens with zero attached hydrogens (tertiary/aromatic N) is 1. The van der Waals surface area contributed by atoms with Crippen LogP contribution in [0.4, 0.5) is 0 Å². The average Bonchev–Trinajstić information content (AvgIpc) is 2.81. The van der Waals surface area contributed by atoms with Gasteiger partial charge in [0.05, 0.1) is 12.7 Å². The summed E-state index contributed by atoms with van der Waals surface area (Å²) in [7, 11) is 1.55. The minimum atomic E-state index is -1.12. The van der Waals surface area contributed by atoms with E-state index in [1.807, 2.05) is 26.0 Å². The van der Waals surface area contributed by atoms with Gasteiger partial charge in [0.2, 0.25) is 5.89 Å². The highest BCUT2D eigenvalue weighted by Crippen LogP contribution is 2.32. The van der Waals surface area contributed by atoms with E-state index in [4.69, 9.17) is 14.3 Å². The number of aromatic nitrogens is 1. The number of methoxy groups -OCH3 is 1. The maximum absolute atomic E-state index is 10.8. The minimum Gasteiger partial charge on any atom is -0.496 e. The third-order valence-corrected chi connectivity index (χ3v) is 2.77. The Morgan fingerprint density at radius 3 is 2.56 bits per heavy atom. The van der Waals surface area contributed by atoms with Gasteiger partial charge in [-0.3, -0.25) is 0 Å². The van der Waals surface area contributed by atoms with Gasteiger partial charge in [-0.2, -0.15) is 0 Å². The van der Waals surface area contributed by atoms with Crippen LogP contribution in [0.5, 0.6) is 5.75 Å². The Kier molecular flexibility index (Phi) is 3.06. The van der Waals surface area contributed by atoms with Gasteiger partial charge >= 0.3 is 5.97 Å². The van der Waals surface area contributed by atoms with Crippen molar-refractivity contribution in [3.8, 4) is 17.2 Å². The third kappa shape index (κ3) is 2.07. The number of rotatable bonds is 3. The fourth-order valence-electron chi connectivity index (χ4n) is 1.62. The number of carboxylic acid groups (broad SMARTS) is 1. The lowest BCUT2D eigenvalue weighted by molar-refractivity contribution is 0.0690. The summed E-state index contributed by atoms with van der Waals surface area (Å²) in [6.45, 7) is 3.93. The Bertz CT molecular complexity index is 601. The first kappa shape index (κ1) is 12.2. The van der Waals surface area contributed by atoms with E-state index in [2.05, 4.69) is 4.98 Å². The van der Waals surface area contributed by atoms with Crippen LogP contribution < -0.4 is 4.74 Å². The Hall–Kier alpha value is -2.30. The minimum absolute atomic E-state index is 0.120. The summed E-state index contributed by atoms with van der Waals surface area (Å²) in [6, 6.07) is 3.74. The molecule has 0 saturated carbocycles. The molecule has 1 aromatic carbocycles. The van der Waals surface area contributed by atoms with E-state index in [0.717, 1.165) is 17.4 Å². The first-order valence-corrected chi connectivity index (χ1v) is 5.37. The average molecular weight is 247 g/mol. The topological polar surface area (TPSA) is 72.6 Å². The molecule has 0 aliphatic heterocycles. The van der Waals surface area contributed by atoms with Gasteiger partial charge in [0.1, 0.15) is 12.0 Å². The maximum Gasteiger partial charge on any atom is 0.357 e. The lowest BCUT2D eigenvalue weighted by atomic mass is 10.1. The molecule has 0 radical (unpaired) electrons. The van der Waals surface area contributed by atoms with Crippen molar-refractivity contribution in [2.45, 2.75) is 13.8 Å². The molecule has 94 valence electrons. The van der Waals surface area contributed by atoms with Gasteiger partial charge in [-0.1, -0.05) is 0 Å². The number of hydrogen-bond acceptors (Lipinski definition) is 4. The number of aromatic carboxylic acids is 1. The van der Waals surface area contributed by atoms with Crippen LogP contribution in [-0.2, 0) is 0 Å². The molecule has 0 aliphatic carbocycles. The monoisotopic (exact) mass is 247 g/mol. The highest BCUT2D eigenvalue weighted by atomic mass is 16.5. The zero-order chi connectivity index (χ0) is 13.3. The maximum atomic E-state index is 10.8. The SMILES string of the molecule is COc1cc(C)c(C)cc1-c1nc(C(=O)O)co1. The van der Waals surface area contributed by atoms with Crippen molar-refractivity contribution in [1.82, 2.24) is 4.98 Å². The molecule has 18 heavy (non-hydrogen) atoms. The molecule has 0 unspecified atom stereocenters. The summed E-state index contributed by atoms with van der Waals surface area (Å²) in [5, 5.41) is 8.82. The van der Waals surface area contributed by atoms with Crippen molar-refractivity contribution in [2.75, 3.05) is 7.11 Å². The first-order chi connectivity index (χ1) is 8.52. The van der Waals surface area contributed by atoms with Crippen molar-refractivity contribution in [1.29, 1.82) is 0 Å². The normalized spacial score (nSPS) is 10.4. The molecule has 2 rings (SSSR count). The molecular weight excluding hydrogens is 234 g/mol. The second kappa shape index (κ2) is 4.52. The molecule has 0 bridgehead atoms. The molecule has 0 atom stereocenters. The number of oxazole rings is 1. The molecule has 1 heterocycles. The van der Waals surface area contributed by atoms with Crippen LogP contribution in [-0.4, -0.2) is 23.2 Å². The first-order valence-electron chi connectivity index (χ1n) is 5.37. The van der Waals surface area contributed by atoms with E-state index in [1.54, 1.807) is 7.11 Å². The van der Waals surface area contributed by atoms with Gasteiger partial charge in [-0.15, -0.1) is 0 Å². The van der Waals surface area contributed by atoms with Crippen LogP contribution in [0, 0.1) is 13.8 Å². The zero-order valence-corrected chi connectivity index (χ0v) is 10.4. The summed E-state index contributed by atoms with van der Waals surface area (Å²) < 4.78 is 10.4. The molecule has 5 nitrogen and oxygen atoms in total. The highest BCUT2D eigenvalue weighted by Gasteiger charge is 2.16. The van der Waals surface area contributed by atoms with Crippen LogP contribution >= 0.6 is 0 Å². The van der Waals surface area contributed by atoms with E-state index in [1.165, 1.54) is 0 Å². The summed E-state index contributed by atoms with van der Waals surface area (Å²) in [5.41, 5.74) is 2.67. The van der Waals surface area contributed by atoms with E-state index < -0.39 is 5.97 Å². The van der Waals surface area contributed by atoms with Crippen LogP contribution in [0.1, 0.15) is 21.6 Å². The fraction of sp³-hybridized carbons (Fsp3) is 0.231. The molecule has 1 N–H and O–H groups in total. The number of carbonyl (C=O) groups is 1. The number of ether oxygens (including phenoxy) is 1. The second-order valence-corrected chi connectivity index (χ2v) is 3.98. The van der Waals surface area contributed by atoms with Gasteiger partial charge in [0, 0.05) is 0 Å². The number of carboxylic acids is 1. The zero-order valence-electron chi connectivity index (χ0n) is 10.4. The summed E-state index contributed by atoms with van der Waals surface area (Å²) >= 11 is 0. The molecular formula is C13H13NO4. The Morgan fingerprint density at radius 1 is 1.33 bits per heavy atom. The van der Waals surface area contributed by atoms with Crippen molar-refractivity contribution >= 4 is 5.97 Å². The van der Waals surface area contributed by atoms with Crippen LogP contribution in [0.3, 0.4) is 0 Å². The van der Waals surface area contributed by atoms with Crippen LogP contribution in [0.2, 0.25) is 0 Å². The molecule has 0 aliphatic rings. The number of hydrogen-bond donors (Lipinski definition) is 1. The summed E-state index contributed by atoms with van der Waals surface area (Å²) in [6.07, 6.45) is 1.12. The molecule has 0 spiro atoms. The van der Waals surface area contributed by atoms with Crippen LogP contribution in [0.25, 0.3) is 11.5 Å². The van der Waals surface area contributed by atoms with Gasteiger partial charge in [-0.05, 0) is 37.1 Å². The predicted octanol–water partition coefficient (Wildman–Crippen LogP) is 2.67. The lowest BCUT2D eigenvalue weighted by Gasteiger charge is -2.08. The Labute approximate surface area is 104 Å². The molecule has 0 saturated heterocycles. The molecule has 1 aromatic heterocycles. The number of aryl methyl sites for hydroxylation is 2. The summed E-state index contributed by atoms with van der Waals surface area (Å²) in [5.74, 6) is -0.267. The van der Waals surface area contributed by atoms with Gasteiger partial charge in [0.15, 0.2) is 5.69 Å². The fourth-order valence-corrected chi connectivity index (χ4v) is 1.62. The predicted molar refractivity (Wildman–Crippen MR) is 64.9 cm³/mol. The van der Waals surface area contributed by atoms with E-state index in [9.17, 15) is 4.79 Å². The molecule has 2 aromatic rings. The lowest BCUT2D eigenvalue weighted by Crippen LogP contribution is -1.96. The van der Waals surface area contributed by atoms with Crippen molar-refractivity contribution in [3.63, 3.8) is 0 Å². The van der Waals surface area contributed by atoms with Crippen molar-refractivity contribution in [3.05, 3.63) is 35.2 Å². The van der Waals surface area contributed by atoms with E-state index in [0.29, 0.717) is 11.3 Å². The molecule has 0 fully saturated rings. The largest absolute Gasteiger partial charge is 0.496 e. The number of benzene rings is 1. The third-order valence-electron chi connectivity index (χ3n) is 2.77.